The first kappa shape index (κ1) is 16.0. The minimum absolute atomic E-state index is 0. The Morgan fingerprint density at radius 3 is 2.84 bits per heavy atom. The molecule has 0 saturated heterocycles. The molecule has 1 aromatic rings. The van der Waals surface area contributed by atoms with E-state index in [1.54, 1.807) is 7.05 Å². The van der Waals surface area contributed by atoms with Gasteiger partial charge in [-0.05, 0) is 18.9 Å². The molecule has 1 aromatic carbocycles. The summed E-state index contributed by atoms with van der Waals surface area (Å²) < 4.78 is 20.0. The smallest absolute Gasteiger partial charge is 0.271 e. The van der Waals surface area contributed by atoms with Crippen molar-refractivity contribution in [3.05, 3.63) is 34.1 Å². The van der Waals surface area contributed by atoms with E-state index < -0.39 is 10.7 Å². The first-order chi connectivity index (χ1) is 8.58. The molecule has 0 heterocycles. The number of hydroxylamine groups is 1. The van der Waals surface area contributed by atoms with Crippen LogP contribution in [0.5, 0.6) is 0 Å². The van der Waals surface area contributed by atoms with Crippen LogP contribution in [0.1, 0.15) is 12.8 Å². The zero-order valence-corrected chi connectivity index (χ0v) is 11.9. The lowest BCUT2D eigenvalue weighted by Gasteiger charge is -2.16. The molecular formula is C10H14FN3O3S2. The number of halogens is 1. The van der Waals surface area contributed by atoms with E-state index in [9.17, 15) is 14.5 Å². The van der Waals surface area contributed by atoms with Crippen molar-refractivity contribution in [2.24, 2.45) is 0 Å². The Labute approximate surface area is 121 Å². The second-order valence-electron chi connectivity index (χ2n) is 3.94. The molecule has 6 nitrogen and oxygen atoms in total. The van der Waals surface area contributed by atoms with Gasteiger partial charge in [-0.3, -0.25) is 14.4 Å². The summed E-state index contributed by atoms with van der Waals surface area (Å²) >= 11 is 0.892. The van der Waals surface area contributed by atoms with Crippen molar-refractivity contribution >= 4 is 37.1 Å². The molecule has 1 aliphatic carbocycles. The zero-order chi connectivity index (χ0) is 13.1. The highest BCUT2D eigenvalue weighted by Gasteiger charge is 2.22. The summed E-state index contributed by atoms with van der Waals surface area (Å²) in [6.45, 7) is 0. The summed E-state index contributed by atoms with van der Waals surface area (Å²) in [7, 11) is 1.57. The first-order valence-corrected chi connectivity index (χ1v) is 6.04. The summed E-state index contributed by atoms with van der Waals surface area (Å²) in [6.07, 6.45) is 2.13. The number of nitrogens with zero attached hydrogens (tertiary/aromatic N) is 2. The van der Waals surface area contributed by atoms with Crippen LogP contribution in [0.4, 0.5) is 15.8 Å². The van der Waals surface area contributed by atoms with Crippen molar-refractivity contribution in [3.8, 4) is 0 Å². The molecule has 0 unspecified atom stereocenters. The van der Waals surface area contributed by atoms with E-state index >= 15 is 0 Å². The van der Waals surface area contributed by atoms with Crippen molar-refractivity contribution in [1.82, 2.24) is 5.48 Å². The van der Waals surface area contributed by atoms with Crippen LogP contribution in [-0.4, -0.2) is 18.0 Å². The Morgan fingerprint density at radius 2 is 2.26 bits per heavy atom. The number of hydrogen-bond acceptors (Lipinski definition) is 6. The van der Waals surface area contributed by atoms with Gasteiger partial charge in [-0.2, -0.15) is 19.0 Å². The summed E-state index contributed by atoms with van der Waals surface area (Å²) in [5.41, 5.74) is 2.72. The molecular weight excluding hydrogens is 293 g/mol. The first-order valence-electron chi connectivity index (χ1n) is 5.35. The molecule has 106 valence electrons. The number of anilines is 1. The normalized spacial score (nSPS) is 13.8. The highest BCUT2D eigenvalue weighted by molar-refractivity contribution is 7.96. The Balaban J connectivity index is 0.00000180. The molecule has 1 fully saturated rings. The van der Waals surface area contributed by atoms with E-state index in [0.29, 0.717) is 6.04 Å². The van der Waals surface area contributed by atoms with Crippen molar-refractivity contribution in [2.45, 2.75) is 18.9 Å². The minimum Gasteiger partial charge on any atom is -0.292 e. The lowest BCUT2D eigenvalue weighted by atomic mass is 10.2. The van der Waals surface area contributed by atoms with Crippen molar-refractivity contribution < 1.29 is 13.6 Å². The molecule has 0 spiro atoms. The fraction of sp³-hybridized carbons (Fsp3) is 0.400. The number of rotatable bonds is 6. The van der Waals surface area contributed by atoms with E-state index in [0.717, 1.165) is 37.2 Å². The van der Waals surface area contributed by atoms with E-state index in [1.807, 2.05) is 0 Å². The topological polar surface area (TPSA) is 67.6 Å². The van der Waals surface area contributed by atoms with Gasteiger partial charge in [0.25, 0.3) is 5.69 Å². The third-order valence-electron chi connectivity index (χ3n) is 2.42. The van der Waals surface area contributed by atoms with E-state index in [4.69, 9.17) is 4.28 Å². The van der Waals surface area contributed by atoms with Crippen LogP contribution in [0, 0.1) is 15.9 Å². The zero-order valence-electron chi connectivity index (χ0n) is 10.1. The quantitative estimate of drug-likeness (QED) is 0.377. The van der Waals surface area contributed by atoms with Crippen molar-refractivity contribution in [2.75, 3.05) is 11.4 Å². The van der Waals surface area contributed by atoms with Crippen LogP contribution < -0.4 is 9.79 Å². The molecule has 0 amide bonds. The SMILES string of the molecule is CN(SONC1CC1)c1cc([N+](=O)[O-])ccc1F.S. The molecule has 1 aliphatic rings. The maximum Gasteiger partial charge on any atom is 0.271 e. The second-order valence-corrected chi connectivity index (χ2v) is 4.80. The van der Waals surface area contributed by atoms with Gasteiger partial charge in [0.05, 0.1) is 10.6 Å². The van der Waals surface area contributed by atoms with Crippen molar-refractivity contribution in [1.29, 1.82) is 0 Å². The van der Waals surface area contributed by atoms with Crippen LogP contribution in [0.25, 0.3) is 0 Å². The van der Waals surface area contributed by atoms with Gasteiger partial charge >= 0.3 is 0 Å². The largest absolute Gasteiger partial charge is 0.292 e. The van der Waals surface area contributed by atoms with Gasteiger partial charge in [-0.15, -0.1) is 0 Å². The molecule has 0 atom stereocenters. The number of nitro benzene ring substituents is 1. The van der Waals surface area contributed by atoms with Crippen LogP contribution in [0.2, 0.25) is 0 Å². The molecule has 0 bridgehead atoms. The van der Waals surface area contributed by atoms with Gasteiger partial charge in [0.2, 0.25) is 0 Å². The predicted octanol–water partition coefficient (Wildman–Crippen LogP) is 2.53. The second kappa shape index (κ2) is 6.94. The average Bonchev–Trinajstić information content (AvgIpc) is 3.13. The molecule has 0 aromatic heterocycles. The maximum absolute atomic E-state index is 13.5. The maximum atomic E-state index is 13.5. The molecule has 0 radical (unpaired) electrons. The van der Waals surface area contributed by atoms with Crippen LogP contribution in [0.15, 0.2) is 18.2 Å². The Bertz CT molecular complexity index is 460. The number of nitro groups is 1. The number of nitrogens with one attached hydrogen (secondary N) is 1. The average molecular weight is 307 g/mol. The van der Waals surface area contributed by atoms with Gasteiger partial charge in [0, 0.05) is 25.2 Å². The van der Waals surface area contributed by atoms with E-state index in [1.165, 1.54) is 10.4 Å². The highest BCUT2D eigenvalue weighted by atomic mass is 32.2. The highest BCUT2D eigenvalue weighted by Crippen LogP contribution is 2.29. The van der Waals surface area contributed by atoms with E-state index in [-0.39, 0.29) is 24.9 Å². The van der Waals surface area contributed by atoms with E-state index in [2.05, 4.69) is 5.48 Å². The van der Waals surface area contributed by atoms with Crippen LogP contribution >= 0.6 is 25.7 Å². The summed E-state index contributed by atoms with van der Waals surface area (Å²) in [4.78, 5) is 10.0. The molecule has 0 aliphatic heterocycles. The molecule has 1 N–H and O–H groups in total. The summed E-state index contributed by atoms with van der Waals surface area (Å²) in [5.74, 6) is -0.536. The predicted molar refractivity (Wildman–Crippen MR) is 76.7 cm³/mol. The third-order valence-corrected chi connectivity index (χ3v) is 3.01. The lowest BCUT2D eigenvalue weighted by Crippen LogP contribution is -2.18. The molecule has 2 rings (SSSR count). The van der Waals surface area contributed by atoms with Gasteiger partial charge in [-0.1, -0.05) is 0 Å². The van der Waals surface area contributed by atoms with Crippen LogP contribution in [-0.2, 0) is 4.28 Å². The number of non-ortho nitro benzene ring substituents is 1. The number of hydrogen-bond donors (Lipinski definition) is 1. The molecule has 1 saturated carbocycles. The third kappa shape index (κ3) is 4.53. The Hall–Kier alpha value is -1.03. The fourth-order valence-electron chi connectivity index (χ4n) is 1.24. The number of benzene rings is 1. The Morgan fingerprint density at radius 1 is 1.58 bits per heavy atom. The monoisotopic (exact) mass is 307 g/mol. The summed E-state index contributed by atoms with van der Waals surface area (Å²) in [5, 5.41) is 10.6. The summed E-state index contributed by atoms with van der Waals surface area (Å²) in [6, 6.07) is 3.73. The van der Waals surface area contributed by atoms with Crippen molar-refractivity contribution in [3.63, 3.8) is 0 Å². The van der Waals surface area contributed by atoms with Crippen LogP contribution in [0.3, 0.4) is 0 Å². The Kier molecular flexibility index (Phi) is 5.85. The van der Waals surface area contributed by atoms with Gasteiger partial charge in [-0.25, -0.2) is 8.67 Å². The fourth-order valence-corrected chi connectivity index (χ4v) is 1.75. The van der Waals surface area contributed by atoms with Gasteiger partial charge in [0.1, 0.15) is 18.0 Å². The standard InChI is InChI=1S/C10H12FN3O3S.H2S/c1-13(18-17-12-7-2-3-7)10-6-8(14(15)16)4-5-9(10)11;/h4-7,12H,2-3H2,1H3;1H2. The lowest BCUT2D eigenvalue weighted by molar-refractivity contribution is -0.384. The molecule has 9 heteroatoms. The van der Waals surface area contributed by atoms with Gasteiger partial charge < -0.3 is 0 Å². The minimum atomic E-state index is -0.565. The molecule has 19 heavy (non-hydrogen) atoms. The van der Waals surface area contributed by atoms with Gasteiger partial charge in [0.15, 0.2) is 0 Å².